The number of carbonyl (C=O) groups excluding carboxylic acids is 1. The van der Waals surface area contributed by atoms with Gasteiger partial charge in [0.1, 0.15) is 0 Å². The van der Waals surface area contributed by atoms with Crippen LogP contribution in [0.4, 0.5) is 0 Å². The minimum Gasteiger partial charge on any atom is -0.310 e. The van der Waals surface area contributed by atoms with Gasteiger partial charge >= 0.3 is 0 Å². The molecule has 0 saturated carbocycles. The minimum atomic E-state index is 0.242. The zero-order valence-corrected chi connectivity index (χ0v) is 24.9. The molecule has 1 aliphatic heterocycles. The van der Waals surface area contributed by atoms with E-state index in [1.54, 1.807) is 0 Å². The number of hydrogen-bond acceptors (Lipinski definition) is 3. The van der Waals surface area contributed by atoms with E-state index in [0.717, 1.165) is 44.3 Å². The van der Waals surface area contributed by atoms with Gasteiger partial charge in [0, 0.05) is 24.1 Å². The predicted molar refractivity (Wildman–Crippen MR) is 167 cm³/mol. The van der Waals surface area contributed by atoms with Crippen molar-refractivity contribution in [3.05, 3.63) is 106 Å². The summed E-state index contributed by atoms with van der Waals surface area (Å²) >= 11 is 0. The molecule has 0 aromatic heterocycles. The van der Waals surface area contributed by atoms with Crippen LogP contribution in [0.15, 0.2) is 72.8 Å². The lowest BCUT2D eigenvalue weighted by Crippen LogP contribution is -2.35. The highest BCUT2D eigenvalue weighted by Gasteiger charge is 2.29. The van der Waals surface area contributed by atoms with Gasteiger partial charge in [-0.1, -0.05) is 87.0 Å². The van der Waals surface area contributed by atoms with E-state index >= 15 is 0 Å². The third-order valence-electron chi connectivity index (χ3n) is 9.50. The molecular weight excluding hydrogens is 488 g/mol. The number of ketones is 1. The quantitative estimate of drug-likeness (QED) is 0.251. The topological polar surface area (TPSA) is 32.3 Å². The Labute approximate surface area is 242 Å². The average molecular weight is 537 g/mol. The van der Waals surface area contributed by atoms with Crippen LogP contribution in [0.25, 0.3) is 0 Å². The van der Waals surface area contributed by atoms with Gasteiger partial charge < -0.3 is 5.32 Å². The lowest BCUT2D eigenvalue weighted by molar-refractivity contribution is 0.0929. The molecule has 2 aliphatic rings. The summed E-state index contributed by atoms with van der Waals surface area (Å²) in [7, 11) is 0. The molecule has 0 bridgehead atoms. The van der Waals surface area contributed by atoms with Crippen molar-refractivity contribution < 1.29 is 4.79 Å². The highest BCUT2D eigenvalue weighted by Crippen LogP contribution is 2.34. The smallest absolute Gasteiger partial charge is 0.163 e. The van der Waals surface area contributed by atoms with Crippen LogP contribution < -0.4 is 5.32 Å². The molecule has 0 spiro atoms. The first-order valence-electron chi connectivity index (χ1n) is 15.8. The molecule has 0 radical (unpaired) electrons. The monoisotopic (exact) mass is 536 g/mol. The third kappa shape index (κ3) is 7.11. The minimum absolute atomic E-state index is 0.242. The number of fused-ring (bicyclic) bond motifs is 1. The number of piperidine rings is 1. The Bertz CT molecular complexity index is 1250. The summed E-state index contributed by atoms with van der Waals surface area (Å²) in [5, 5.41) is 3.74. The number of carbonyl (C=O) groups is 1. The molecule has 3 aromatic carbocycles. The fourth-order valence-corrected chi connectivity index (χ4v) is 6.95. The van der Waals surface area contributed by atoms with Crippen molar-refractivity contribution in [1.29, 1.82) is 0 Å². The Morgan fingerprint density at radius 3 is 2.58 bits per heavy atom. The molecule has 1 N–H and O–H groups in total. The summed E-state index contributed by atoms with van der Waals surface area (Å²) in [5.41, 5.74) is 7.69. The van der Waals surface area contributed by atoms with E-state index in [1.807, 2.05) is 0 Å². The van der Waals surface area contributed by atoms with Crippen LogP contribution in [0.3, 0.4) is 0 Å². The Morgan fingerprint density at radius 1 is 0.925 bits per heavy atom. The molecule has 212 valence electrons. The van der Waals surface area contributed by atoms with Crippen LogP contribution in [0, 0.1) is 11.8 Å². The number of likely N-dealkylation sites (tertiary alicyclic amines) is 1. The highest BCUT2D eigenvalue weighted by atomic mass is 16.1. The standard InChI is InChI=1S/C37H48N2O/c1-4-29-12-10-13-30(23-29)22-27(2)34-24-33-18-17-32(25-35(33)37(40)26-34)28(3)38-19-11-21-39-20-9-8-16-36(39)31-14-6-5-7-15-31/h5-7,10,12-15,17-18,23,25,27-28,34,36,38H,4,8-9,11,16,19-22,24,26H2,1-3H3. The molecule has 3 aromatic rings. The number of rotatable bonds is 11. The SMILES string of the molecule is CCc1cccc(CC(C)C2CC(=O)c3cc(C(C)NCCCN4CCCCC4c4ccccc4)ccc3C2)c1. The molecule has 0 amide bonds. The van der Waals surface area contributed by atoms with Crippen LogP contribution >= 0.6 is 0 Å². The van der Waals surface area contributed by atoms with E-state index in [2.05, 4.69) is 104 Å². The second kappa shape index (κ2) is 13.7. The van der Waals surface area contributed by atoms with Crippen molar-refractivity contribution in [2.24, 2.45) is 11.8 Å². The van der Waals surface area contributed by atoms with Gasteiger partial charge in [0.05, 0.1) is 0 Å². The highest BCUT2D eigenvalue weighted by molar-refractivity contribution is 5.98. The molecule has 1 heterocycles. The van der Waals surface area contributed by atoms with Gasteiger partial charge in [-0.15, -0.1) is 0 Å². The Balaban J connectivity index is 1.13. The summed E-state index contributed by atoms with van der Waals surface area (Å²) in [4.78, 5) is 16.0. The number of nitrogens with one attached hydrogen (secondary N) is 1. The van der Waals surface area contributed by atoms with Gasteiger partial charge in [-0.25, -0.2) is 0 Å². The Kier molecular flexibility index (Phi) is 9.88. The van der Waals surface area contributed by atoms with Gasteiger partial charge in [-0.3, -0.25) is 9.69 Å². The van der Waals surface area contributed by atoms with Gasteiger partial charge in [0.15, 0.2) is 5.78 Å². The molecule has 4 unspecified atom stereocenters. The van der Waals surface area contributed by atoms with Gasteiger partial charge in [0.25, 0.3) is 0 Å². The largest absolute Gasteiger partial charge is 0.310 e. The molecule has 1 saturated heterocycles. The molecule has 4 atom stereocenters. The van der Waals surface area contributed by atoms with Crippen LogP contribution in [0.2, 0.25) is 0 Å². The lowest BCUT2D eigenvalue weighted by Gasteiger charge is -2.36. The normalized spacial score (nSPS) is 21.1. The van der Waals surface area contributed by atoms with Gasteiger partial charge in [0.2, 0.25) is 0 Å². The summed E-state index contributed by atoms with van der Waals surface area (Å²) in [6, 6.07) is 27.4. The van der Waals surface area contributed by atoms with Crippen LogP contribution in [-0.2, 0) is 19.3 Å². The van der Waals surface area contributed by atoms with Crippen molar-refractivity contribution >= 4 is 5.78 Å². The maximum absolute atomic E-state index is 13.3. The van der Waals surface area contributed by atoms with Crippen molar-refractivity contribution in [2.45, 2.75) is 84.2 Å². The van der Waals surface area contributed by atoms with Crippen LogP contribution in [0.1, 0.15) is 103 Å². The maximum Gasteiger partial charge on any atom is 0.163 e. The predicted octanol–water partition coefficient (Wildman–Crippen LogP) is 8.14. The second-order valence-electron chi connectivity index (χ2n) is 12.4. The fraction of sp³-hybridized carbons (Fsp3) is 0.486. The molecule has 5 rings (SSSR count). The zero-order chi connectivity index (χ0) is 27.9. The van der Waals surface area contributed by atoms with E-state index < -0.39 is 0 Å². The van der Waals surface area contributed by atoms with Crippen molar-refractivity contribution in [2.75, 3.05) is 19.6 Å². The number of Topliss-reactive ketones (excluding diaryl/α,β-unsaturated/α-hetero) is 1. The van der Waals surface area contributed by atoms with E-state index in [9.17, 15) is 4.79 Å². The van der Waals surface area contributed by atoms with Crippen molar-refractivity contribution in [1.82, 2.24) is 10.2 Å². The molecular formula is C37H48N2O. The fourth-order valence-electron chi connectivity index (χ4n) is 6.95. The summed E-state index contributed by atoms with van der Waals surface area (Å²) < 4.78 is 0. The first-order chi connectivity index (χ1) is 19.5. The average Bonchev–Trinajstić information content (AvgIpc) is 2.99. The second-order valence-corrected chi connectivity index (χ2v) is 12.4. The third-order valence-corrected chi connectivity index (χ3v) is 9.50. The summed E-state index contributed by atoms with van der Waals surface area (Å²) in [6.45, 7) is 10.1. The molecule has 1 aliphatic carbocycles. The maximum atomic E-state index is 13.3. The van der Waals surface area contributed by atoms with Crippen LogP contribution in [0.5, 0.6) is 0 Å². The summed E-state index contributed by atoms with van der Waals surface area (Å²) in [5.74, 6) is 1.23. The Hall–Kier alpha value is -2.75. The van der Waals surface area contributed by atoms with E-state index in [0.29, 0.717) is 30.1 Å². The summed E-state index contributed by atoms with van der Waals surface area (Å²) in [6.07, 6.45) is 8.84. The number of nitrogens with zero attached hydrogens (tertiary/aromatic N) is 1. The molecule has 3 heteroatoms. The number of hydrogen-bond donors (Lipinski definition) is 1. The first-order valence-corrected chi connectivity index (χ1v) is 15.8. The van der Waals surface area contributed by atoms with Crippen molar-refractivity contribution in [3.8, 4) is 0 Å². The van der Waals surface area contributed by atoms with E-state index in [4.69, 9.17) is 0 Å². The zero-order valence-electron chi connectivity index (χ0n) is 24.9. The van der Waals surface area contributed by atoms with Gasteiger partial charge in [-0.05, 0) is 111 Å². The number of aryl methyl sites for hydroxylation is 1. The molecule has 3 nitrogen and oxygen atoms in total. The van der Waals surface area contributed by atoms with E-state index in [1.165, 1.54) is 53.6 Å². The lowest BCUT2D eigenvalue weighted by atomic mass is 9.74. The number of benzene rings is 3. The first kappa shape index (κ1) is 28.8. The van der Waals surface area contributed by atoms with E-state index in [-0.39, 0.29) is 6.04 Å². The van der Waals surface area contributed by atoms with Crippen LogP contribution in [-0.4, -0.2) is 30.3 Å². The van der Waals surface area contributed by atoms with Crippen molar-refractivity contribution in [3.63, 3.8) is 0 Å². The molecule has 40 heavy (non-hydrogen) atoms. The molecule has 1 fully saturated rings. The van der Waals surface area contributed by atoms with Gasteiger partial charge in [-0.2, -0.15) is 0 Å². The Morgan fingerprint density at radius 2 is 1.75 bits per heavy atom.